The normalized spacial score (nSPS) is 17.9. The molecule has 0 saturated carbocycles. The van der Waals surface area contributed by atoms with Crippen molar-refractivity contribution >= 4 is 11.8 Å². The second-order valence-corrected chi connectivity index (χ2v) is 4.46. The van der Waals surface area contributed by atoms with Gasteiger partial charge in [-0.2, -0.15) is 0 Å². The number of ether oxygens (including phenoxy) is 1. The van der Waals surface area contributed by atoms with Gasteiger partial charge >= 0.3 is 6.01 Å². The zero-order chi connectivity index (χ0) is 14.5. The molecule has 7 nitrogen and oxygen atoms in total. The minimum atomic E-state index is -0.532. The van der Waals surface area contributed by atoms with Gasteiger partial charge in [-0.05, 0) is 0 Å². The largest absolute Gasteiger partial charge is 0.458 e. The second-order valence-electron chi connectivity index (χ2n) is 4.46. The number of likely N-dealkylation sites (tertiary alicyclic amines) is 1. The van der Waals surface area contributed by atoms with Gasteiger partial charge in [-0.25, -0.2) is 14.4 Å². The highest BCUT2D eigenvalue weighted by molar-refractivity contribution is 5.83. The Balaban J connectivity index is 1.81. The van der Waals surface area contributed by atoms with E-state index in [2.05, 4.69) is 15.3 Å². The summed E-state index contributed by atoms with van der Waals surface area (Å²) in [6.07, 6.45) is 2.47. The van der Waals surface area contributed by atoms with Crippen LogP contribution in [0.5, 0.6) is 6.01 Å². The maximum absolute atomic E-state index is 12.7. The molecule has 0 radical (unpaired) electrons. The van der Waals surface area contributed by atoms with Crippen LogP contribution < -0.4 is 10.1 Å². The van der Waals surface area contributed by atoms with Gasteiger partial charge in [-0.15, -0.1) is 0 Å². The first kappa shape index (κ1) is 14.2. The van der Waals surface area contributed by atoms with Crippen LogP contribution in [0.2, 0.25) is 0 Å². The lowest BCUT2D eigenvalue weighted by molar-refractivity contribution is -0.131. The van der Waals surface area contributed by atoms with Crippen LogP contribution in [0.4, 0.5) is 4.39 Å². The van der Waals surface area contributed by atoms with Crippen molar-refractivity contribution in [3.8, 4) is 6.01 Å². The van der Waals surface area contributed by atoms with Crippen molar-refractivity contribution in [2.75, 3.05) is 19.6 Å². The van der Waals surface area contributed by atoms with E-state index in [-0.39, 0.29) is 30.5 Å². The summed E-state index contributed by atoms with van der Waals surface area (Å²) in [5.41, 5.74) is 0. The van der Waals surface area contributed by atoms with Gasteiger partial charge in [0.25, 0.3) is 0 Å². The van der Waals surface area contributed by atoms with E-state index in [1.807, 2.05) is 0 Å². The summed E-state index contributed by atoms with van der Waals surface area (Å²) in [6, 6.07) is 0.0903. The lowest BCUT2D eigenvalue weighted by Gasteiger charge is -2.16. The second kappa shape index (κ2) is 6.27. The van der Waals surface area contributed by atoms with E-state index in [1.54, 1.807) is 4.90 Å². The molecule has 8 heteroatoms. The Hall–Kier alpha value is -2.25. The molecule has 0 spiro atoms. The maximum Gasteiger partial charge on any atom is 0.316 e. The fraction of sp³-hybridized carbons (Fsp3) is 0.500. The van der Waals surface area contributed by atoms with Crippen LogP contribution in [-0.2, 0) is 9.59 Å². The average Bonchev–Trinajstić information content (AvgIpc) is 2.87. The first-order valence-electron chi connectivity index (χ1n) is 6.21. The monoisotopic (exact) mass is 282 g/mol. The van der Waals surface area contributed by atoms with E-state index in [0.717, 1.165) is 12.4 Å². The highest BCUT2D eigenvalue weighted by atomic mass is 19.1. The molecule has 1 aliphatic heterocycles. The summed E-state index contributed by atoms with van der Waals surface area (Å²) in [7, 11) is 0. The summed E-state index contributed by atoms with van der Waals surface area (Å²) < 4.78 is 18.1. The molecular weight excluding hydrogens is 267 g/mol. The van der Waals surface area contributed by atoms with Crippen molar-refractivity contribution in [3.05, 3.63) is 18.2 Å². The van der Waals surface area contributed by atoms with Crippen LogP contribution in [0.15, 0.2) is 12.4 Å². The third kappa shape index (κ3) is 3.87. The zero-order valence-electron chi connectivity index (χ0n) is 11.0. The number of carbonyl (C=O) groups excluding carboxylic acids is 2. The number of nitrogens with zero attached hydrogens (tertiary/aromatic N) is 3. The van der Waals surface area contributed by atoms with E-state index in [1.165, 1.54) is 6.92 Å². The first-order chi connectivity index (χ1) is 9.54. The van der Waals surface area contributed by atoms with Crippen LogP contribution in [0.3, 0.4) is 0 Å². The Morgan fingerprint density at radius 1 is 1.50 bits per heavy atom. The van der Waals surface area contributed by atoms with Gasteiger partial charge in [-0.1, -0.05) is 0 Å². The van der Waals surface area contributed by atoms with Crippen LogP contribution in [-0.4, -0.2) is 52.4 Å². The van der Waals surface area contributed by atoms with Crippen LogP contribution in [0.25, 0.3) is 0 Å². The van der Waals surface area contributed by atoms with Crippen molar-refractivity contribution < 1.29 is 18.7 Å². The summed E-state index contributed by atoms with van der Waals surface area (Å²) in [4.78, 5) is 31.5. The molecule has 1 atom stereocenters. The van der Waals surface area contributed by atoms with Crippen LogP contribution in [0.1, 0.15) is 13.3 Å². The molecule has 2 heterocycles. The van der Waals surface area contributed by atoms with E-state index >= 15 is 0 Å². The smallest absolute Gasteiger partial charge is 0.316 e. The molecule has 0 aromatic carbocycles. The predicted octanol–water partition coefficient (Wildman–Crippen LogP) is -0.268. The highest BCUT2D eigenvalue weighted by Crippen LogP contribution is 2.14. The van der Waals surface area contributed by atoms with Crippen LogP contribution >= 0.6 is 0 Å². The van der Waals surface area contributed by atoms with Crippen molar-refractivity contribution in [1.82, 2.24) is 20.2 Å². The number of amides is 2. The topological polar surface area (TPSA) is 84.4 Å². The maximum atomic E-state index is 12.7. The fourth-order valence-electron chi connectivity index (χ4n) is 1.87. The van der Waals surface area contributed by atoms with Gasteiger partial charge in [-0.3, -0.25) is 9.59 Å². The van der Waals surface area contributed by atoms with Crippen molar-refractivity contribution in [2.24, 2.45) is 0 Å². The number of rotatable bonds is 4. The molecule has 1 N–H and O–H groups in total. The molecule has 1 aromatic heterocycles. The molecule has 1 fully saturated rings. The minimum absolute atomic E-state index is 0.0187. The number of hydrogen-bond donors (Lipinski definition) is 1. The lowest BCUT2D eigenvalue weighted by Crippen LogP contribution is -2.39. The Labute approximate surface area is 115 Å². The molecule has 1 saturated heterocycles. The highest BCUT2D eigenvalue weighted by Gasteiger charge is 2.28. The quantitative estimate of drug-likeness (QED) is 0.822. The number of hydrogen-bond acceptors (Lipinski definition) is 5. The predicted molar refractivity (Wildman–Crippen MR) is 66.3 cm³/mol. The average molecular weight is 282 g/mol. The Kier molecular flexibility index (Phi) is 4.44. The number of carbonyl (C=O) groups is 2. The summed E-state index contributed by atoms with van der Waals surface area (Å²) in [5, 5.41) is 2.46. The molecule has 2 rings (SSSR count). The van der Waals surface area contributed by atoms with Crippen LogP contribution in [0, 0.1) is 5.82 Å². The first-order valence-corrected chi connectivity index (χ1v) is 6.21. The van der Waals surface area contributed by atoms with Gasteiger partial charge in [0.05, 0.1) is 25.5 Å². The number of aromatic nitrogens is 2. The molecule has 2 amide bonds. The Bertz CT molecular complexity index is 494. The molecule has 1 aromatic rings. The van der Waals surface area contributed by atoms with E-state index in [9.17, 15) is 14.0 Å². The zero-order valence-corrected chi connectivity index (χ0v) is 11.0. The summed E-state index contributed by atoms with van der Waals surface area (Å²) in [6.45, 7) is 2.29. The molecule has 20 heavy (non-hydrogen) atoms. The standard InChI is InChI=1S/C12H15FN4O3/c1-8(18)14-6-11(19)17-3-2-10(7-17)20-12-15-4-9(13)5-16-12/h4-5,10H,2-3,6-7H2,1H3,(H,14,18)/t10-/m0/s1. The van der Waals surface area contributed by atoms with E-state index < -0.39 is 5.82 Å². The lowest BCUT2D eigenvalue weighted by atomic mass is 10.3. The van der Waals surface area contributed by atoms with Crippen molar-refractivity contribution in [3.63, 3.8) is 0 Å². The molecule has 0 unspecified atom stereocenters. The Morgan fingerprint density at radius 3 is 2.85 bits per heavy atom. The van der Waals surface area contributed by atoms with E-state index in [4.69, 9.17) is 4.74 Å². The summed E-state index contributed by atoms with van der Waals surface area (Å²) >= 11 is 0. The minimum Gasteiger partial charge on any atom is -0.458 e. The van der Waals surface area contributed by atoms with Gasteiger partial charge in [0.1, 0.15) is 6.10 Å². The number of nitrogens with one attached hydrogen (secondary N) is 1. The third-order valence-corrected chi connectivity index (χ3v) is 2.85. The van der Waals surface area contributed by atoms with Crippen molar-refractivity contribution in [2.45, 2.75) is 19.4 Å². The molecular formula is C12H15FN4O3. The van der Waals surface area contributed by atoms with E-state index in [0.29, 0.717) is 19.5 Å². The van der Waals surface area contributed by atoms with Gasteiger partial charge in [0, 0.05) is 19.9 Å². The molecule has 0 aliphatic carbocycles. The third-order valence-electron chi connectivity index (χ3n) is 2.85. The fourth-order valence-corrected chi connectivity index (χ4v) is 1.87. The molecule has 1 aliphatic rings. The SMILES string of the molecule is CC(=O)NCC(=O)N1CC[C@H](Oc2ncc(F)cn2)C1. The van der Waals surface area contributed by atoms with Gasteiger partial charge < -0.3 is 15.0 Å². The summed E-state index contributed by atoms with van der Waals surface area (Å²) in [5.74, 6) is -0.938. The van der Waals surface area contributed by atoms with Crippen molar-refractivity contribution in [1.29, 1.82) is 0 Å². The van der Waals surface area contributed by atoms with Gasteiger partial charge in [0.2, 0.25) is 11.8 Å². The number of halogens is 1. The molecule has 108 valence electrons. The van der Waals surface area contributed by atoms with Gasteiger partial charge in [0.15, 0.2) is 5.82 Å². The molecule has 0 bridgehead atoms. The Morgan fingerprint density at radius 2 is 2.20 bits per heavy atom.